The van der Waals surface area contributed by atoms with Gasteiger partial charge in [0.05, 0.1) is 0 Å². The maximum Gasteiger partial charge on any atom is 0.306 e. The molecule has 0 aliphatic heterocycles. The van der Waals surface area contributed by atoms with Crippen molar-refractivity contribution in [1.82, 2.24) is 0 Å². The summed E-state index contributed by atoms with van der Waals surface area (Å²) in [4.78, 5) is 38.3. The third-order valence-corrected chi connectivity index (χ3v) is 14.5. The molecule has 0 saturated carbocycles. The smallest absolute Gasteiger partial charge is 0.306 e. The van der Waals surface area contributed by atoms with Crippen LogP contribution in [0.4, 0.5) is 0 Å². The minimum absolute atomic E-state index is 0.0795. The first kappa shape index (κ1) is 72.1. The molecule has 75 heavy (non-hydrogen) atoms. The molecule has 0 radical (unpaired) electrons. The summed E-state index contributed by atoms with van der Waals surface area (Å²) in [6.45, 7) is 6.55. The molecule has 0 heterocycles. The Morgan fingerprint density at radius 2 is 0.520 bits per heavy atom. The standard InChI is InChI=1S/C69H124O6/c1-4-7-10-13-16-19-22-25-28-30-31-32-33-34-35-36-37-39-41-44-47-50-53-56-59-62-68(71)74-65-66(64-73-67(70)61-58-55-52-49-46-43-40-27-24-21-18-15-12-9-6-3)75-69(72)63-60-57-54-51-48-45-42-38-29-26-23-20-17-14-11-8-5-2/h9,12,18,21,26-27,29-31,40,66H,4-8,10-11,13-17,19-20,22-25,28,32-39,41-65H2,1-3H3/b12-9-,21-18-,29-26-,31-30-,40-27-. The van der Waals surface area contributed by atoms with Crippen LogP contribution in [-0.2, 0) is 28.6 Å². The summed E-state index contributed by atoms with van der Waals surface area (Å²) in [6.07, 6.45) is 80.9. The molecule has 6 nitrogen and oxygen atoms in total. The third kappa shape index (κ3) is 61.8. The summed E-state index contributed by atoms with van der Waals surface area (Å²) in [5.74, 6) is -0.884. The van der Waals surface area contributed by atoms with E-state index in [9.17, 15) is 14.4 Å². The average Bonchev–Trinajstić information content (AvgIpc) is 3.41. The summed E-state index contributed by atoms with van der Waals surface area (Å²) < 4.78 is 16.9. The van der Waals surface area contributed by atoms with Crippen LogP contribution in [0.3, 0.4) is 0 Å². The van der Waals surface area contributed by atoms with Crippen LogP contribution in [0.1, 0.15) is 342 Å². The number of hydrogen-bond donors (Lipinski definition) is 0. The van der Waals surface area contributed by atoms with Gasteiger partial charge in [0, 0.05) is 19.3 Å². The Bertz CT molecular complexity index is 1340. The first-order valence-electron chi connectivity index (χ1n) is 32.8. The second-order valence-electron chi connectivity index (χ2n) is 22.0. The van der Waals surface area contributed by atoms with Crippen molar-refractivity contribution in [2.45, 2.75) is 348 Å². The number of rotatable bonds is 60. The summed E-state index contributed by atoms with van der Waals surface area (Å²) in [7, 11) is 0. The summed E-state index contributed by atoms with van der Waals surface area (Å²) >= 11 is 0. The van der Waals surface area contributed by atoms with Crippen molar-refractivity contribution >= 4 is 17.9 Å². The predicted octanol–water partition coefficient (Wildman–Crippen LogP) is 22.3. The minimum atomic E-state index is -0.784. The number of ether oxygens (including phenoxy) is 3. The highest BCUT2D eigenvalue weighted by atomic mass is 16.6. The van der Waals surface area contributed by atoms with Gasteiger partial charge in [-0.05, 0) is 103 Å². The number of unbranched alkanes of at least 4 members (excludes halogenated alkanes) is 39. The van der Waals surface area contributed by atoms with E-state index in [-0.39, 0.29) is 31.1 Å². The van der Waals surface area contributed by atoms with E-state index in [0.29, 0.717) is 19.3 Å². The molecular weight excluding hydrogens is 925 g/mol. The highest BCUT2D eigenvalue weighted by molar-refractivity contribution is 5.71. The predicted molar refractivity (Wildman–Crippen MR) is 325 cm³/mol. The van der Waals surface area contributed by atoms with Crippen molar-refractivity contribution in [3.63, 3.8) is 0 Å². The molecule has 0 fully saturated rings. The molecule has 0 rings (SSSR count). The first-order chi connectivity index (χ1) is 37.0. The largest absolute Gasteiger partial charge is 0.462 e. The Hall–Kier alpha value is -2.89. The van der Waals surface area contributed by atoms with Gasteiger partial charge in [-0.3, -0.25) is 14.4 Å². The maximum atomic E-state index is 12.9. The molecule has 1 unspecified atom stereocenters. The fraction of sp³-hybridized carbons (Fsp3) is 0.812. The van der Waals surface area contributed by atoms with Crippen molar-refractivity contribution in [1.29, 1.82) is 0 Å². The lowest BCUT2D eigenvalue weighted by atomic mass is 10.0. The molecule has 0 aromatic carbocycles. The van der Waals surface area contributed by atoms with E-state index in [1.807, 2.05) is 0 Å². The fourth-order valence-corrected chi connectivity index (χ4v) is 9.57. The first-order valence-corrected chi connectivity index (χ1v) is 32.8. The number of carbonyl (C=O) groups excluding carboxylic acids is 3. The molecule has 0 spiro atoms. The summed E-state index contributed by atoms with van der Waals surface area (Å²) in [5, 5.41) is 0. The fourth-order valence-electron chi connectivity index (χ4n) is 9.57. The van der Waals surface area contributed by atoms with Gasteiger partial charge in [0.15, 0.2) is 6.10 Å². The maximum absolute atomic E-state index is 12.9. The van der Waals surface area contributed by atoms with Gasteiger partial charge in [-0.15, -0.1) is 0 Å². The highest BCUT2D eigenvalue weighted by Crippen LogP contribution is 2.17. The third-order valence-electron chi connectivity index (χ3n) is 14.5. The van der Waals surface area contributed by atoms with Crippen molar-refractivity contribution in [3.8, 4) is 0 Å². The second-order valence-corrected chi connectivity index (χ2v) is 22.0. The monoisotopic (exact) mass is 1050 g/mol. The van der Waals surface area contributed by atoms with Gasteiger partial charge in [-0.25, -0.2) is 0 Å². The number of hydrogen-bond acceptors (Lipinski definition) is 6. The van der Waals surface area contributed by atoms with Crippen LogP contribution in [0.5, 0.6) is 0 Å². The van der Waals surface area contributed by atoms with Gasteiger partial charge < -0.3 is 14.2 Å². The number of esters is 3. The van der Waals surface area contributed by atoms with Gasteiger partial charge in [0.25, 0.3) is 0 Å². The normalized spacial score (nSPS) is 12.4. The quantitative estimate of drug-likeness (QED) is 0.0261. The molecule has 6 heteroatoms. The van der Waals surface area contributed by atoms with E-state index in [4.69, 9.17) is 14.2 Å². The molecular formula is C69H124O6. The molecule has 0 aromatic heterocycles. The van der Waals surface area contributed by atoms with Crippen molar-refractivity contribution in [3.05, 3.63) is 60.8 Å². The Labute approximate surface area is 466 Å². The van der Waals surface area contributed by atoms with Crippen molar-refractivity contribution < 1.29 is 28.6 Å². The lowest BCUT2D eigenvalue weighted by Gasteiger charge is -2.18. The van der Waals surface area contributed by atoms with Crippen LogP contribution in [0.25, 0.3) is 0 Å². The molecule has 0 aliphatic rings. The molecule has 0 amide bonds. The van der Waals surface area contributed by atoms with Crippen LogP contribution in [-0.4, -0.2) is 37.2 Å². The molecule has 0 aromatic rings. The molecule has 0 aliphatic carbocycles. The Kier molecular flexibility index (Phi) is 61.2. The van der Waals surface area contributed by atoms with E-state index in [1.165, 1.54) is 205 Å². The number of allylic oxidation sites excluding steroid dienone is 10. The van der Waals surface area contributed by atoms with E-state index in [2.05, 4.69) is 81.5 Å². The van der Waals surface area contributed by atoms with Crippen LogP contribution in [0, 0.1) is 0 Å². The average molecular weight is 1050 g/mol. The van der Waals surface area contributed by atoms with Crippen LogP contribution >= 0.6 is 0 Å². The van der Waals surface area contributed by atoms with Gasteiger partial charge in [0.1, 0.15) is 13.2 Å². The lowest BCUT2D eigenvalue weighted by molar-refractivity contribution is -0.167. The number of carbonyl (C=O) groups is 3. The Morgan fingerprint density at radius 3 is 0.827 bits per heavy atom. The van der Waals surface area contributed by atoms with Crippen LogP contribution in [0.15, 0.2) is 60.8 Å². The van der Waals surface area contributed by atoms with Crippen molar-refractivity contribution in [2.24, 2.45) is 0 Å². The molecule has 1 atom stereocenters. The second kappa shape index (κ2) is 63.6. The zero-order valence-corrected chi connectivity index (χ0v) is 50.1. The molecule has 436 valence electrons. The van der Waals surface area contributed by atoms with E-state index < -0.39 is 6.10 Å². The Morgan fingerprint density at radius 1 is 0.280 bits per heavy atom. The van der Waals surface area contributed by atoms with E-state index in [1.54, 1.807) is 0 Å². The van der Waals surface area contributed by atoms with E-state index in [0.717, 1.165) is 96.3 Å². The van der Waals surface area contributed by atoms with E-state index >= 15 is 0 Å². The Balaban J connectivity index is 4.29. The minimum Gasteiger partial charge on any atom is -0.462 e. The summed E-state index contributed by atoms with van der Waals surface area (Å²) in [5.41, 5.74) is 0. The zero-order chi connectivity index (χ0) is 54.3. The lowest BCUT2D eigenvalue weighted by Crippen LogP contribution is -2.30. The van der Waals surface area contributed by atoms with Gasteiger partial charge >= 0.3 is 17.9 Å². The van der Waals surface area contributed by atoms with Gasteiger partial charge in [-0.2, -0.15) is 0 Å². The SMILES string of the molecule is CC/C=C\C/C=C\C/C=C\CCCCCCCC(=O)OCC(COC(=O)CCCCCCCCCCCCCCC/C=C\CCCCCCCCCC)OC(=O)CCCCCCCCC/C=C\CCCCCCCC. The van der Waals surface area contributed by atoms with Crippen LogP contribution in [0.2, 0.25) is 0 Å². The van der Waals surface area contributed by atoms with Crippen LogP contribution < -0.4 is 0 Å². The van der Waals surface area contributed by atoms with Crippen molar-refractivity contribution in [2.75, 3.05) is 13.2 Å². The van der Waals surface area contributed by atoms with Gasteiger partial charge in [-0.1, -0.05) is 281 Å². The van der Waals surface area contributed by atoms with Gasteiger partial charge in [0.2, 0.25) is 0 Å². The highest BCUT2D eigenvalue weighted by Gasteiger charge is 2.19. The molecule has 0 N–H and O–H groups in total. The topological polar surface area (TPSA) is 78.9 Å². The zero-order valence-electron chi connectivity index (χ0n) is 50.1. The molecule has 0 saturated heterocycles. The molecule has 0 bridgehead atoms. The summed E-state index contributed by atoms with van der Waals surface area (Å²) in [6, 6.07) is 0.